The van der Waals surface area contributed by atoms with E-state index in [4.69, 9.17) is 0 Å². The molecule has 32 heavy (non-hydrogen) atoms. The van der Waals surface area contributed by atoms with Gasteiger partial charge in [-0.25, -0.2) is 17.2 Å². The van der Waals surface area contributed by atoms with Crippen molar-refractivity contribution in [3.8, 4) is 0 Å². The molecule has 1 atom stereocenters. The number of anilines is 3. The zero-order valence-corrected chi connectivity index (χ0v) is 18.1. The zero-order chi connectivity index (χ0) is 22.5. The van der Waals surface area contributed by atoms with E-state index >= 15 is 0 Å². The Morgan fingerprint density at radius 1 is 1.09 bits per heavy atom. The fourth-order valence-electron chi connectivity index (χ4n) is 4.81. The third-order valence-electron chi connectivity index (χ3n) is 6.63. The molecule has 10 heteroatoms. The second-order valence-electron chi connectivity index (χ2n) is 8.70. The number of nitrogens with one attached hydrogen (secondary N) is 4. The molecule has 1 saturated heterocycles. The Morgan fingerprint density at radius 2 is 1.91 bits per heavy atom. The fraction of sp³-hybridized carbons (Fsp3) is 0.409. The number of rotatable bonds is 5. The maximum atomic E-state index is 14.2. The number of carbonyl (C=O) groups is 1. The molecule has 1 aliphatic carbocycles. The minimum absolute atomic E-state index is 0.0758. The minimum Gasteiger partial charge on any atom is -0.379 e. The number of halogens is 2. The van der Waals surface area contributed by atoms with Crippen LogP contribution in [0.3, 0.4) is 0 Å². The lowest BCUT2D eigenvalue weighted by atomic mass is 9.65. The molecule has 2 aromatic rings. The van der Waals surface area contributed by atoms with Gasteiger partial charge in [0.25, 0.3) is 10.0 Å². The lowest BCUT2D eigenvalue weighted by Gasteiger charge is -2.36. The van der Waals surface area contributed by atoms with Crippen molar-refractivity contribution >= 4 is 33.0 Å². The van der Waals surface area contributed by atoms with Crippen LogP contribution >= 0.6 is 0 Å². The summed E-state index contributed by atoms with van der Waals surface area (Å²) in [5, 5.41) is 9.74. The van der Waals surface area contributed by atoms with E-state index in [0.29, 0.717) is 30.3 Å². The number of benzene rings is 2. The molecule has 0 aromatic heterocycles. The number of hydrogen-bond acceptors (Lipinski definition) is 5. The van der Waals surface area contributed by atoms with Crippen LogP contribution in [0.1, 0.15) is 37.7 Å². The molecule has 0 radical (unpaired) electrons. The monoisotopic (exact) mass is 462 g/mol. The SMILES string of the molecule is O=C1Nc2c(NC3CCCNC3)cc(NS(=O)(=O)c3ccc(F)cc3F)cc2C12CCC2. The molecule has 3 aliphatic rings. The van der Waals surface area contributed by atoms with Gasteiger partial charge in [-0.05, 0) is 62.1 Å². The highest BCUT2D eigenvalue weighted by Crippen LogP contribution is 2.54. The van der Waals surface area contributed by atoms with Gasteiger partial charge < -0.3 is 16.0 Å². The van der Waals surface area contributed by atoms with E-state index in [2.05, 4.69) is 20.7 Å². The third-order valence-corrected chi connectivity index (χ3v) is 8.04. The number of amides is 1. The third kappa shape index (κ3) is 3.51. The Hall–Kier alpha value is -2.72. The number of fused-ring (bicyclic) bond motifs is 2. The van der Waals surface area contributed by atoms with Crippen molar-refractivity contribution in [2.75, 3.05) is 28.4 Å². The van der Waals surface area contributed by atoms with E-state index in [1.54, 1.807) is 12.1 Å². The largest absolute Gasteiger partial charge is 0.379 e. The summed E-state index contributed by atoms with van der Waals surface area (Å²) in [6, 6.07) is 5.72. The van der Waals surface area contributed by atoms with Crippen LogP contribution in [0.2, 0.25) is 0 Å². The highest BCUT2D eigenvalue weighted by Gasteiger charge is 2.52. The van der Waals surface area contributed by atoms with Crippen molar-refractivity contribution in [2.45, 2.75) is 48.5 Å². The average molecular weight is 463 g/mol. The number of sulfonamides is 1. The first kappa shape index (κ1) is 21.1. The summed E-state index contributed by atoms with van der Waals surface area (Å²) in [5.74, 6) is -2.10. The van der Waals surface area contributed by atoms with Crippen LogP contribution in [-0.2, 0) is 20.2 Å². The second kappa shape index (κ2) is 7.70. The smallest absolute Gasteiger partial charge is 0.264 e. The molecule has 4 N–H and O–H groups in total. The molecule has 2 aromatic carbocycles. The Balaban J connectivity index is 1.54. The molecule has 1 amide bonds. The first-order chi connectivity index (χ1) is 15.3. The Bertz CT molecular complexity index is 1190. The van der Waals surface area contributed by atoms with Gasteiger partial charge in [0.05, 0.1) is 22.5 Å². The Labute approximate surface area is 185 Å². The van der Waals surface area contributed by atoms with Gasteiger partial charge in [0.1, 0.15) is 16.5 Å². The van der Waals surface area contributed by atoms with Gasteiger partial charge in [-0.15, -0.1) is 0 Å². The Morgan fingerprint density at radius 3 is 2.56 bits per heavy atom. The van der Waals surface area contributed by atoms with E-state index in [1.807, 2.05) is 0 Å². The predicted molar refractivity (Wildman–Crippen MR) is 117 cm³/mol. The summed E-state index contributed by atoms with van der Waals surface area (Å²) in [4.78, 5) is 12.2. The predicted octanol–water partition coefficient (Wildman–Crippen LogP) is 3.30. The summed E-state index contributed by atoms with van der Waals surface area (Å²) >= 11 is 0. The quantitative estimate of drug-likeness (QED) is 0.547. The lowest BCUT2D eigenvalue weighted by Crippen LogP contribution is -2.40. The summed E-state index contributed by atoms with van der Waals surface area (Å²) in [6.45, 7) is 1.70. The van der Waals surface area contributed by atoms with Gasteiger partial charge in [-0.2, -0.15) is 0 Å². The van der Waals surface area contributed by atoms with E-state index in [0.717, 1.165) is 50.0 Å². The molecule has 1 saturated carbocycles. The highest BCUT2D eigenvalue weighted by molar-refractivity contribution is 7.92. The van der Waals surface area contributed by atoms with E-state index in [-0.39, 0.29) is 17.6 Å². The summed E-state index contributed by atoms with van der Waals surface area (Å²) in [7, 11) is -4.30. The van der Waals surface area contributed by atoms with Crippen molar-refractivity contribution < 1.29 is 22.0 Å². The summed E-state index contributed by atoms with van der Waals surface area (Å²) < 4.78 is 55.5. The van der Waals surface area contributed by atoms with Gasteiger partial charge in [0.15, 0.2) is 0 Å². The maximum Gasteiger partial charge on any atom is 0.264 e. The molecule has 170 valence electrons. The average Bonchev–Trinajstić information content (AvgIpc) is 3.00. The topological polar surface area (TPSA) is 99.3 Å². The van der Waals surface area contributed by atoms with Crippen LogP contribution in [-0.4, -0.2) is 33.5 Å². The second-order valence-corrected chi connectivity index (χ2v) is 10.4. The molecule has 0 bridgehead atoms. The van der Waals surface area contributed by atoms with Crippen LogP contribution in [0.4, 0.5) is 25.8 Å². The van der Waals surface area contributed by atoms with Crippen LogP contribution in [0.25, 0.3) is 0 Å². The van der Waals surface area contributed by atoms with Crippen molar-refractivity contribution in [1.29, 1.82) is 0 Å². The lowest BCUT2D eigenvalue weighted by molar-refractivity contribution is -0.123. The molecular weight excluding hydrogens is 438 g/mol. The minimum atomic E-state index is -4.30. The van der Waals surface area contributed by atoms with E-state index in [1.165, 1.54) is 0 Å². The van der Waals surface area contributed by atoms with Crippen LogP contribution in [0.15, 0.2) is 35.2 Å². The van der Waals surface area contributed by atoms with Gasteiger partial charge >= 0.3 is 0 Å². The van der Waals surface area contributed by atoms with Crippen LogP contribution in [0, 0.1) is 11.6 Å². The Kier molecular flexibility index (Phi) is 5.09. The first-order valence-corrected chi connectivity index (χ1v) is 12.2. The van der Waals surface area contributed by atoms with Crippen LogP contribution < -0.4 is 20.7 Å². The highest BCUT2D eigenvalue weighted by atomic mass is 32.2. The van der Waals surface area contributed by atoms with E-state index in [9.17, 15) is 22.0 Å². The molecule has 5 rings (SSSR count). The molecule has 2 heterocycles. The van der Waals surface area contributed by atoms with Crippen molar-refractivity contribution in [1.82, 2.24) is 5.32 Å². The van der Waals surface area contributed by atoms with Gasteiger partial charge in [-0.3, -0.25) is 9.52 Å². The number of piperidine rings is 1. The van der Waals surface area contributed by atoms with Gasteiger partial charge in [-0.1, -0.05) is 6.42 Å². The maximum absolute atomic E-state index is 14.2. The summed E-state index contributed by atoms with van der Waals surface area (Å²) in [5.41, 5.74) is 1.63. The fourth-order valence-corrected chi connectivity index (χ4v) is 5.91. The molecule has 2 aliphatic heterocycles. The molecular formula is C22H24F2N4O3S. The standard InChI is InChI=1S/C22H24F2N4O3S/c23-13-4-5-19(17(24)9-13)32(30,31)28-15-10-16-20(27-21(29)22(16)6-2-7-22)18(11-15)26-14-3-1-8-25-12-14/h4-5,9-11,14,25-26,28H,1-3,6-8,12H2,(H,27,29). The van der Waals surface area contributed by atoms with Crippen molar-refractivity contribution in [3.63, 3.8) is 0 Å². The van der Waals surface area contributed by atoms with Crippen LogP contribution in [0.5, 0.6) is 0 Å². The van der Waals surface area contributed by atoms with Crippen molar-refractivity contribution in [3.05, 3.63) is 47.5 Å². The number of hydrogen-bond donors (Lipinski definition) is 4. The molecule has 1 spiro atoms. The molecule has 1 unspecified atom stereocenters. The van der Waals surface area contributed by atoms with Crippen molar-refractivity contribution in [2.24, 2.45) is 0 Å². The zero-order valence-electron chi connectivity index (χ0n) is 17.3. The van der Waals surface area contributed by atoms with Gasteiger partial charge in [0.2, 0.25) is 5.91 Å². The van der Waals surface area contributed by atoms with E-state index < -0.39 is 32.0 Å². The molecule has 2 fully saturated rings. The number of carbonyl (C=O) groups excluding carboxylic acids is 1. The normalized spacial score (nSPS) is 21.6. The molecule has 7 nitrogen and oxygen atoms in total. The summed E-state index contributed by atoms with van der Waals surface area (Å²) in [6.07, 6.45) is 4.25. The van der Waals surface area contributed by atoms with Gasteiger partial charge in [0, 0.05) is 18.7 Å². The first-order valence-electron chi connectivity index (χ1n) is 10.7.